The number of hydrazone groups is 1. The maximum atomic E-state index is 11.5. The second-order valence-corrected chi connectivity index (χ2v) is 3.27. The Bertz CT molecular complexity index is 415. The molecular weight excluding hydrogens is 226 g/mol. The number of Topliss-reactive ketones (excluding diaryl/α,β-unsaturated/α-hetero) is 1. The molecule has 1 aromatic carbocycles. The van der Waals surface area contributed by atoms with Gasteiger partial charge in [0.15, 0.2) is 5.11 Å². The average Bonchev–Trinajstić information content (AvgIpc) is 2.28. The summed E-state index contributed by atoms with van der Waals surface area (Å²) < 4.78 is 4.97. The number of carbonyl (C=O) groups is 1. The molecule has 0 unspecified atom stereocenters. The van der Waals surface area contributed by atoms with E-state index in [2.05, 4.69) is 22.7 Å². The largest absolute Gasteiger partial charge is 0.497 e. The van der Waals surface area contributed by atoms with Crippen molar-refractivity contribution in [1.82, 2.24) is 5.43 Å². The lowest BCUT2D eigenvalue weighted by molar-refractivity contribution is 0.107. The Kier molecular flexibility index (Phi) is 4.41. The number of nitrogens with zero attached hydrogens (tertiary/aromatic N) is 1. The topological polar surface area (TPSA) is 76.7 Å². The number of rotatable bonds is 4. The molecule has 0 amide bonds. The number of hydrogen-bond acceptors (Lipinski definition) is 4. The standard InChI is InChI=1S/C10H11N3O2S/c1-15-8-4-2-7(3-5-8)9(14)6-12-13-10(11)16/h2-6H,1H3,(H3,11,13,16). The third kappa shape index (κ3) is 3.66. The normalized spacial score (nSPS) is 10.1. The Morgan fingerprint density at radius 3 is 2.62 bits per heavy atom. The predicted octanol–water partition coefficient (Wildman–Crippen LogP) is 0.697. The second-order valence-electron chi connectivity index (χ2n) is 2.83. The van der Waals surface area contributed by atoms with Crippen molar-refractivity contribution >= 4 is 29.3 Å². The lowest BCUT2D eigenvalue weighted by atomic mass is 10.1. The first kappa shape index (κ1) is 12.1. The number of nitrogens with two attached hydrogens (primary N) is 1. The zero-order valence-corrected chi connectivity index (χ0v) is 9.45. The lowest BCUT2D eigenvalue weighted by Gasteiger charge is -1.99. The van der Waals surface area contributed by atoms with Crippen LogP contribution in [0.3, 0.4) is 0 Å². The summed E-state index contributed by atoms with van der Waals surface area (Å²) in [5, 5.41) is 3.58. The van der Waals surface area contributed by atoms with E-state index in [0.29, 0.717) is 11.3 Å². The van der Waals surface area contributed by atoms with E-state index in [4.69, 9.17) is 10.5 Å². The van der Waals surface area contributed by atoms with Gasteiger partial charge in [-0.05, 0) is 36.5 Å². The summed E-state index contributed by atoms with van der Waals surface area (Å²) in [7, 11) is 1.56. The van der Waals surface area contributed by atoms with Crippen LogP contribution in [0.15, 0.2) is 29.4 Å². The summed E-state index contributed by atoms with van der Waals surface area (Å²) in [4.78, 5) is 11.5. The molecular formula is C10H11N3O2S. The number of ether oxygens (including phenoxy) is 1. The molecule has 3 N–H and O–H groups in total. The van der Waals surface area contributed by atoms with Crippen molar-refractivity contribution in [3.8, 4) is 5.75 Å². The van der Waals surface area contributed by atoms with Gasteiger partial charge in [0.05, 0.1) is 13.3 Å². The third-order valence-electron chi connectivity index (χ3n) is 1.73. The van der Waals surface area contributed by atoms with Crippen molar-refractivity contribution in [3.05, 3.63) is 29.8 Å². The average molecular weight is 237 g/mol. The van der Waals surface area contributed by atoms with Crippen LogP contribution in [0.5, 0.6) is 5.75 Å². The number of nitrogens with one attached hydrogen (secondary N) is 1. The molecule has 1 aromatic rings. The van der Waals surface area contributed by atoms with Gasteiger partial charge in [-0.1, -0.05) is 0 Å². The van der Waals surface area contributed by atoms with Gasteiger partial charge < -0.3 is 10.5 Å². The third-order valence-corrected chi connectivity index (χ3v) is 1.82. The zero-order valence-electron chi connectivity index (χ0n) is 8.64. The number of hydrogen-bond donors (Lipinski definition) is 2. The fourth-order valence-corrected chi connectivity index (χ4v) is 1.04. The quantitative estimate of drug-likeness (QED) is 0.349. The molecule has 0 aliphatic carbocycles. The molecule has 0 saturated carbocycles. The van der Waals surface area contributed by atoms with Crippen molar-refractivity contribution in [1.29, 1.82) is 0 Å². The maximum Gasteiger partial charge on any atom is 0.205 e. The van der Waals surface area contributed by atoms with Crippen LogP contribution in [0.4, 0.5) is 0 Å². The molecule has 0 atom stereocenters. The predicted molar refractivity (Wildman–Crippen MR) is 65.7 cm³/mol. The van der Waals surface area contributed by atoms with Crippen molar-refractivity contribution in [2.75, 3.05) is 7.11 Å². The van der Waals surface area contributed by atoms with Gasteiger partial charge in [0.2, 0.25) is 5.78 Å². The fourth-order valence-electron chi connectivity index (χ4n) is 0.984. The lowest BCUT2D eigenvalue weighted by Crippen LogP contribution is -2.24. The van der Waals surface area contributed by atoms with E-state index in [9.17, 15) is 4.79 Å². The first-order valence-corrected chi connectivity index (χ1v) is 4.81. The summed E-state index contributed by atoms with van der Waals surface area (Å²) in [6.45, 7) is 0. The zero-order chi connectivity index (χ0) is 12.0. The molecule has 0 bridgehead atoms. The van der Waals surface area contributed by atoms with E-state index in [1.165, 1.54) is 0 Å². The van der Waals surface area contributed by atoms with Crippen molar-refractivity contribution in [3.63, 3.8) is 0 Å². The first-order valence-electron chi connectivity index (χ1n) is 4.40. The molecule has 0 saturated heterocycles. The number of benzene rings is 1. The molecule has 0 radical (unpaired) electrons. The second kappa shape index (κ2) is 5.82. The molecule has 0 aliphatic heterocycles. The van der Waals surface area contributed by atoms with Gasteiger partial charge in [0.1, 0.15) is 5.75 Å². The van der Waals surface area contributed by atoms with E-state index < -0.39 is 0 Å². The Balaban J connectivity index is 2.66. The summed E-state index contributed by atoms with van der Waals surface area (Å²) in [5.41, 5.74) is 7.94. The summed E-state index contributed by atoms with van der Waals surface area (Å²) in [6, 6.07) is 6.69. The molecule has 0 spiro atoms. The van der Waals surface area contributed by atoms with Crippen LogP contribution in [-0.2, 0) is 0 Å². The monoisotopic (exact) mass is 237 g/mol. The van der Waals surface area contributed by atoms with Crippen LogP contribution < -0.4 is 15.9 Å². The van der Waals surface area contributed by atoms with Gasteiger partial charge in [0.25, 0.3) is 0 Å². The minimum absolute atomic E-state index is 0.0128. The molecule has 6 heteroatoms. The molecule has 5 nitrogen and oxygen atoms in total. The summed E-state index contributed by atoms with van der Waals surface area (Å²) >= 11 is 4.52. The van der Waals surface area contributed by atoms with Crippen molar-refractivity contribution in [2.24, 2.45) is 10.8 Å². The molecule has 0 aliphatic rings. The van der Waals surface area contributed by atoms with E-state index in [1.807, 2.05) is 0 Å². The van der Waals surface area contributed by atoms with Crippen molar-refractivity contribution in [2.45, 2.75) is 0 Å². The van der Waals surface area contributed by atoms with Crippen LogP contribution >= 0.6 is 12.2 Å². The minimum Gasteiger partial charge on any atom is -0.497 e. The smallest absolute Gasteiger partial charge is 0.205 e. The van der Waals surface area contributed by atoms with Gasteiger partial charge in [-0.2, -0.15) is 5.10 Å². The van der Waals surface area contributed by atoms with Crippen LogP contribution in [-0.4, -0.2) is 24.2 Å². The maximum absolute atomic E-state index is 11.5. The number of methoxy groups -OCH3 is 1. The molecule has 84 valence electrons. The van der Waals surface area contributed by atoms with E-state index >= 15 is 0 Å². The van der Waals surface area contributed by atoms with Crippen LogP contribution in [0.1, 0.15) is 10.4 Å². The molecule has 0 heterocycles. The van der Waals surface area contributed by atoms with Crippen LogP contribution in [0, 0.1) is 0 Å². The summed E-state index contributed by atoms with van der Waals surface area (Å²) in [6.07, 6.45) is 1.11. The highest BCUT2D eigenvalue weighted by Crippen LogP contribution is 2.10. The van der Waals surface area contributed by atoms with Gasteiger partial charge in [0, 0.05) is 5.56 Å². The fraction of sp³-hybridized carbons (Fsp3) is 0.100. The van der Waals surface area contributed by atoms with Crippen molar-refractivity contribution < 1.29 is 9.53 Å². The number of carbonyl (C=O) groups excluding carboxylic acids is 1. The van der Waals surface area contributed by atoms with Crippen LogP contribution in [0.2, 0.25) is 0 Å². The highest BCUT2D eigenvalue weighted by molar-refractivity contribution is 7.80. The van der Waals surface area contributed by atoms with E-state index in [1.54, 1.807) is 31.4 Å². The van der Waals surface area contributed by atoms with Crippen LogP contribution in [0.25, 0.3) is 0 Å². The number of thiocarbonyl (C=S) groups is 1. The summed E-state index contributed by atoms with van der Waals surface area (Å²) in [5.74, 6) is 0.446. The van der Waals surface area contributed by atoms with Gasteiger partial charge in [-0.3, -0.25) is 10.2 Å². The highest BCUT2D eigenvalue weighted by atomic mass is 32.1. The first-order chi connectivity index (χ1) is 7.63. The molecule has 0 aromatic heterocycles. The van der Waals surface area contributed by atoms with Gasteiger partial charge >= 0.3 is 0 Å². The van der Waals surface area contributed by atoms with Gasteiger partial charge in [-0.15, -0.1) is 0 Å². The molecule has 16 heavy (non-hydrogen) atoms. The minimum atomic E-state index is -0.244. The van der Waals surface area contributed by atoms with Gasteiger partial charge in [-0.25, -0.2) is 0 Å². The Labute approximate surface area is 98.3 Å². The molecule has 1 rings (SSSR count). The van der Waals surface area contributed by atoms with E-state index in [0.717, 1.165) is 6.21 Å². The number of ketones is 1. The SMILES string of the molecule is COc1ccc(C(=O)C=NNC(N)=S)cc1. The highest BCUT2D eigenvalue weighted by Gasteiger charge is 2.02. The Hall–Kier alpha value is -1.95. The Morgan fingerprint density at radius 1 is 1.50 bits per heavy atom. The van der Waals surface area contributed by atoms with E-state index in [-0.39, 0.29) is 10.9 Å². The Morgan fingerprint density at radius 2 is 2.12 bits per heavy atom. The molecule has 0 fully saturated rings.